The number of hydrogen-bond acceptors (Lipinski definition) is 4. The number of rotatable bonds is 6. The summed E-state index contributed by atoms with van der Waals surface area (Å²) in [4.78, 5) is 14.5. The second-order valence-corrected chi connectivity index (χ2v) is 8.94. The number of anilines is 1. The van der Waals surface area contributed by atoms with Crippen LogP contribution in [0.3, 0.4) is 0 Å². The van der Waals surface area contributed by atoms with Gasteiger partial charge in [-0.15, -0.1) is 0 Å². The molecule has 0 unspecified atom stereocenters. The molecule has 0 saturated carbocycles. The van der Waals surface area contributed by atoms with Crippen molar-refractivity contribution in [2.45, 2.75) is 72.0 Å². The molecule has 0 spiro atoms. The molecule has 0 bridgehead atoms. The minimum absolute atomic E-state index is 0.504. The van der Waals surface area contributed by atoms with Crippen LogP contribution in [-0.2, 0) is 6.54 Å². The van der Waals surface area contributed by atoms with E-state index < -0.39 is 0 Å². The Morgan fingerprint density at radius 1 is 1.14 bits per heavy atom. The first-order valence-electron chi connectivity index (χ1n) is 11.5. The van der Waals surface area contributed by atoms with E-state index in [0.717, 1.165) is 56.0 Å². The van der Waals surface area contributed by atoms with Crippen LogP contribution in [-0.4, -0.2) is 60.7 Å². The Morgan fingerprint density at radius 2 is 1.86 bits per heavy atom. The van der Waals surface area contributed by atoms with Crippen LogP contribution in [0.4, 0.5) is 5.82 Å². The van der Waals surface area contributed by atoms with Gasteiger partial charge in [-0.2, -0.15) is 0 Å². The van der Waals surface area contributed by atoms with Crippen LogP contribution in [0.2, 0.25) is 0 Å². The van der Waals surface area contributed by atoms with E-state index in [1.165, 1.54) is 25.7 Å². The van der Waals surface area contributed by atoms with E-state index >= 15 is 0 Å². The highest BCUT2D eigenvalue weighted by Crippen LogP contribution is 2.21. The molecule has 6 nitrogen and oxygen atoms in total. The summed E-state index contributed by atoms with van der Waals surface area (Å²) in [5, 5.41) is 7.04. The SMILES string of the molecule is CCNC(=NCc1ccc(N2CCC(C)CC2)nc1)NC1CCN(C(C)C)CC1. The van der Waals surface area contributed by atoms with Crippen molar-refractivity contribution in [3.63, 3.8) is 0 Å². The van der Waals surface area contributed by atoms with Gasteiger partial charge in [0.1, 0.15) is 5.82 Å². The first-order chi connectivity index (χ1) is 14.0. The molecule has 0 aromatic carbocycles. The van der Waals surface area contributed by atoms with Gasteiger partial charge in [-0.3, -0.25) is 0 Å². The second-order valence-electron chi connectivity index (χ2n) is 8.94. The van der Waals surface area contributed by atoms with Crippen molar-refractivity contribution in [1.29, 1.82) is 0 Å². The van der Waals surface area contributed by atoms with Crippen LogP contribution in [0.25, 0.3) is 0 Å². The summed E-state index contributed by atoms with van der Waals surface area (Å²) in [5.41, 5.74) is 1.16. The number of guanidine groups is 1. The summed E-state index contributed by atoms with van der Waals surface area (Å²) in [6.07, 6.45) is 6.87. The van der Waals surface area contributed by atoms with E-state index in [1.807, 2.05) is 6.20 Å². The fraction of sp³-hybridized carbons (Fsp3) is 0.739. The van der Waals surface area contributed by atoms with E-state index in [4.69, 9.17) is 9.98 Å². The first kappa shape index (κ1) is 21.9. The predicted octanol–water partition coefficient (Wildman–Crippen LogP) is 3.25. The third-order valence-corrected chi connectivity index (χ3v) is 6.28. The second kappa shape index (κ2) is 10.8. The summed E-state index contributed by atoms with van der Waals surface area (Å²) < 4.78 is 0. The summed E-state index contributed by atoms with van der Waals surface area (Å²) in [6, 6.07) is 5.48. The van der Waals surface area contributed by atoms with Crippen molar-refractivity contribution in [1.82, 2.24) is 20.5 Å². The highest BCUT2D eigenvalue weighted by atomic mass is 15.2. The zero-order valence-corrected chi connectivity index (χ0v) is 18.8. The predicted molar refractivity (Wildman–Crippen MR) is 123 cm³/mol. The average Bonchev–Trinajstić information content (AvgIpc) is 2.73. The zero-order chi connectivity index (χ0) is 20.6. The van der Waals surface area contributed by atoms with Gasteiger partial charge in [0, 0.05) is 51.0 Å². The smallest absolute Gasteiger partial charge is 0.191 e. The van der Waals surface area contributed by atoms with Crippen molar-refractivity contribution in [2.24, 2.45) is 10.9 Å². The lowest BCUT2D eigenvalue weighted by molar-refractivity contribution is 0.167. The molecule has 3 heterocycles. The molecular formula is C23H40N6. The fourth-order valence-electron chi connectivity index (χ4n) is 4.18. The topological polar surface area (TPSA) is 55.8 Å². The third-order valence-electron chi connectivity index (χ3n) is 6.28. The molecule has 2 fully saturated rings. The molecule has 0 amide bonds. The molecule has 2 aliphatic rings. The quantitative estimate of drug-likeness (QED) is 0.567. The molecule has 2 saturated heterocycles. The monoisotopic (exact) mass is 400 g/mol. The maximum absolute atomic E-state index is 4.81. The fourth-order valence-corrected chi connectivity index (χ4v) is 4.18. The molecule has 2 N–H and O–H groups in total. The molecule has 3 rings (SSSR count). The van der Waals surface area contributed by atoms with E-state index in [2.05, 4.69) is 60.3 Å². The molecular weight excluding hydrogens is 360 g/mol. The molecule has 2 aliphatic heterocycles. The summed E-state index contributed by atoms with van der Waals surface area (Å²) >= 11 is 0. The Kier molecular flexibility index (Phi) is 8.16. The van der Waals surface area contributed by atoms with Gasteiger partial charge in [0.05, 0.1) is 6.54 Å². The lowest BCUT2D eigenvalue weighted by Crippen LogP contribution is -2.49. The highest BCUT2D eigenvalue weighted by molar-refractivity contribution is 5.80. The van der Waals surface area contributed by atoms with Crippen molar-refractivity contribution in [3.05, 3.63) is 23.9 Å². The summed E-state index contributed by atoms with van der Waals surface area (Å²) in [5.74, 6) is 2.87. The van der Waals surface area contributed by atoms with E-state index in [1.54, 1.807) is 0 Å². The number of pyridine rings is 1. The van der Waals surface area contributed by atoms with Gasteiger partial charge in [0.2, 0.25) is 0 Å². The molecule has 1 aromatic heterocycles. The Bertz CT molecular complexity index is 625. The van der Waals surface area contributed by atoms with Gasteiger partial charge in [0.15, 0.2) is 5.96 Å². The van der Waals surface area contributed by atoms with Gasteiger partial charge < -0.3 is 20.4 Å². The van der Waals surface area contributed by atoms with Gasteiger partial charge in [-0.1, -0.05) is 13.0 Å². The average molecular weight is 401 g/mol. The first-order valence-corrected chi connectivity index (χ1v) is 11.5. The van der Waals surface area contributed by atoms with Crippen LogP contribution in [0, 0.1) is 5.92 Å². The Hall–Kier alpha value is -1.82. The lowest BCUT2D eigenvalue weighted by atomic mass is 9.99. The van der Waals surface area contributed by atoms with Crippen molar-refractivity contribution >= 4 is 11.8 Å². The Labute approximate surface area is 177 Å². The minimum Gasteiger partial charge on any atom is -0.357 e. The number of aromatic nitrogens is 1. The number of nitrogens with one attached hydrogen (secondary N) is 2. The number of likely N-dealkylation sites (tertiary alicyclic amines) is 1. The Balaban J connectivity index is 1.52. The minimum atomic E-state index is 0.504. The van der Waals surface area contributed by atoms with E-state index in [9.17, 15) is 0 Å². The van der Waals surface area contributed by atoms with Crippen LogP contribution < -0.4 is 15.5 Å². The van der Waals surface area contributed by atoms with Crippen LogP contribution in [0.1, 0.15) is 58.9 Å². The summed E-state index contributed by atoms with van der Waals surface area (Å²) in [7, 11) is 0. The maximum atomic E-state index is 4.81. The largest absolute Gasteiger partial charge is 0.357 e. The standard InChI is InChI=1S/C23H40N6/c1-5-24-23(27-21-10-14-28(15-11-21)18(2)3)26-17-20-6-7-22(25-16-20)29-12-8-19(4)9-13-29/h6-7,16,18-19,21H,5,8-15,17H2,1-4H3,(H2,24,26,27). The molecule has 6 heteroatoms. The van der Waals surface area contributed by atoms with E-state index in [0.29, 0.717) is 18.6 Å². The number of nitrogens with zero attached hydrogens (tertiary/aromatic N) is 4. The van der Waals surface area contributed by atoms with Gasteiger partial charge in [-0.05, 0) is 64.0 Å². The molecule has 0 atom stereocenters. The normalized spacial score (nSPS) is 20.3. The van der Waals surface area contributed by atoms with Crippen molar-refractivity contribution in [2.75, 3.05) is 37.6 Å². The van der Waals surface area contributed by atoms with Crippen molar-refractivity contribution < 1.29 is 0 Å². The molecule has 1 aromatic rings. The molecule has 0 radical (unpaired) electrons. The van der Waals surface area contributed by atoms with Gasteiger partial charge >= 0.3 is 0 Å². The number of piperidine rings is 2. The number of aliphatic imine (C=N–C) groups is 1. The zero-order valence-electron chi connectivity index (χ0n) is 18.8. The van der Waals surface area contributed by atoms with Gasteiger partial charge in [0.25, 0.3) is 0 Å². The summed E-state index contributed by atoms with van der Waals surface area (Å²) in [6.45, 7) is 15.1. The van der Waals surface area contributed by atoms with Crippen LogP contribution in [0.15, 0.2) is 23.3 Å². The Morgan fingerprint density at radius 3 is 2.45 bits per heavy atom. The molecule has 29 heavy (non-hydrogen) atoms. The molecule has 162 valence electrons. The lowest BCUT2D eigenvalue weighted by Gasteiger charge is -2.35. The van der Waals surface area contributed by atoms with Crippen molar-refractivity contribution in [3.8, 4) is 0 Å². The highest BCUT2D eigenvalue weighted by Gasteiger charge is 2.21. The maximum Gasteiger partial charge on any atom is 0.191 e. The number of hydrogen-bond donors (Lipinski definition) is 2. The van der Waals surface area contributed by atoms with Gasteiger partial charge in [-0.25, -0.2) is 9.98 Å². The third kappa shape index (κ3) is 6.59. The van der Waals surface area contributed by atoms with Crippen LogP contribution >= 0.6 is 0 Å². The van der Waals surface area contributed by atoms with Crippen LogP contribution in [0.5, 0.6) is 0 Å². The van der Waals surface area contributed by atoms with E-state index in [-0.39, 0.29) is 0 Å². The molecule has 0 aliphatic carbocycles.